The molecule has 0 amide bonds. The van der Waals surface area contributed by atoms with Crippen molar-refractivity contribution in [3.63, 3.8) is 0 Å². The Morgan fingerprint density at radius 2 is 1.90 bits per heavy atom. The Balaban J connectivity index is 2.12. The summed E-state index contributed by atoms with van der Waals surface area (Å²) in [5.41, 5.74) is 3.27. The van der Waals surface area contributed by atoms with Crippen LogP contribution in [0.1, 0.15) is 11.1 Å². The third kappa shape index (κ3) is 2.37. The van der Waals surface area contributed by atoms with Crippen LogP contribution in [0.2, 0.25) is 5.28 Å². The van der Waals surface area contributed by atoms with E-state index in [9.17, 15) is 0 Å². The minimum atomic E-state index is 0.124. The summed E-state index contributed by atoms with van der Waals surface area (Å²) in [7, 11) is 0. The summed E-state index contributed by atoms with van der Waals surface area (Å²) in [6, 6.07) is 6.00. The van der Waals surface area contributed by atoms with Crippen LogP contribution < -0.4 is 0 Å². The van der Waals surface area contributed by atoms with Crippen molar-refractivity contribution in [3.8, 4) is 17.3 Å². The molecule has 100 valence electrons. The lowest BCUT2D eigenvalue weighted by molar-refractivity contribution is 0.796. The van der Waals surface area contributed by atoms with Crippen molar-refractivity contribution in [2.45, 2.75) is 13.8 Å². The predicted octanol–water partition coefficient (Wildman–Crippen LogP) is 2.39. The van der Waals surface area contributed by atoms with Gasteiger partial charge in [0.05, 0.1) is 0 Å². The molecule has 0 atom stereocenters. The molecule has 6 nitrogen and oxygen atoms in total. The summed E-state index contributed by atoms with van der Waals surface area (Å²) >= 11 is 5.96. The van der Waals surface area contributed by atoms with E-state index in [-0.39, 0.29) is 5.28 Å². The minimum Gasteiger partial charge on any atom is -0.223 e. The van der Waals surface area contributed by atoms with E-state index < -0.39 is 0 Å². The van der Waals surface area contributed by atoms with Crippen LogP contribution in [-0.4, -0.2) is 29.7 Å². The van der Waals surface area contributed by atoms with Gasteiger partial charge in [-0.25, -0.2) is 4.98 Å². The van der Waals surface area contributed by atoms with Crippen molar-refractivity contribution >= 4 is 11.6 Å². The van der Waals surface area contributed by atoms with Crippen LogP contribution in [0.5, 0.6) is 0 Å². The molecule has 2 aromatic heterocycles. The standard InChI is InChI=1S/C13H11ClN6/c1-8-3-4-10(5-9(8)2)11-17-12(14)19-13(18-11)20-7-15-6-16-20/h3-7H,1-2H3. The van der Waals surface area contributed by atoms with E-state index >= 15 is 0 Å². The first-order chi connectivity index (χ1) is 9.63. The van der Waals surface area contributed by atoms with E-state index in [0.717, 1.165) is 5.56 Å². The van der Waals surface area contributed by atoms with Gasteiger partial charge in [0.15, 0.2) is 5.82 Å². The van der Waals surface area contributed by atoms with Crippen molar-refractivity contribution in [1.29, 1.82) is 0 Å². The molecule has 0 bridgehead atoms. The van der Waals surface area contributed by atoms with Crippen LogP contribution in [0.4, 0.5) is 0 Å². The molecular weight excluding hydrogens is 276 g/mol. The Labute approximate surface area is 120 Å². The van der Waals surface area contributed by atoms with Crippen LogP contribution in [-0.2, 0) is 0 Å². The zero-order chi connectivity index (χ0) is 14.1. The molecule has 0 saturated carbocycles. The molecule has 0 aliphatic rings. The maximum atomic E-state index is 5.96. The molecule has 0 aliphatic heterocycles. The number of rotatable bonds is 2. The fourth-order valence-corrected chi connectivity index (χ4v) is 1.92. The third-order valence-corrected chi connectivity index (χ3v) is 3.15. The normalized spacial score (nSPS) is 10.8. The zero-order valence-electron chi connectivity index (χ0n) is 10.9. The molecule has 1 aromatic carbocycles. The number of benzene rings is 1. The fraction of sp³-hybridized carbons (Fsp3) is 0.154. The van der Waals surface area contributed by atoms with Gasteiger partial charge in [0, 0.05) is 5.56 Å². The first-order valence-electron chi connectivity index (χ1n) is 5.98. The molecule has 0 saturated heterocycles. The molecule has 0 spiro atoms. The minimum absolute atomic E-state index is 0.124. The molecule has 0 N–H and O–H groups in total. The molecule has 2 heterocycles. The number of halogens is 1. The lowest BCUT2D eigenvalue weighted by Crippen LogP contribution is -2.05. The van der Waals surface area contributed by atoms with Gasteiger partial charge in [-0.1, -0.05) is 12.1 Å². The fourth-order valence-electron chi connectivity index (χ4n) is 1.76. The van der Waals surface area contributed by atoms with Crippen LogP contribution in [0.25, 0.3) is 17.3 Å². The topological polar surface area (TPSA) is 69.4 Å². The third-order valence-electron chi connectivity index (χ3n) is 2.99. The van der Waals surface area contributed by atoms with E-state index in [1.807, 2.05) is 25.1 Å². The molecule has 0 fully saturated rings. The summed E-state index contributed by atoms with van der Waals surface area (Å²) in [6.07, 6.45) is 2.92. The number of hydrogen-bond acceptors (Lipinski definition) is 5. The number of hydrogen-bond donors (Lipinski definition) is 0. The molecule has 20 heavy (non-hydrogen) atoms. The highest BCUT2D eigenvalue weighted by atomic mass is 35.5. The van der Waals surface area contributed by atoms with Gasteiger partial charge >= 0.3 is 0 Å². The summed E-state index contributed by atoms with van der Waals surface area (Å²) < 4.78 is 1.44. The summed E-state index contributed by atoms with van der Waals surface area (Å²) in [5, 5.41) is 4.11. The number of nitrogens with zero attached hydrogens (tertiary/aromatic N) is 6. The Morgan fingerprint density at radius 1 is 1.05 bits per heavy atom. The smallest absolute Gasteiger partial charge is 0.223 e. The lowest BCUT2D eigenvalue weighted by atomic mass is 10.1. The monoisotopic (exact) mass is 286 g/mol. The average Bonchev–Trinajstić information content (AvgIpc) is 2.95. The maximum Gasteiger partial charge on any atom is 0.256 e. The van der Waals surface area contributed by atoms with Crippen molar-refractivity contribution in [3.05, 3.63) is 47.3 Å². The first kappa shape index (κ1) is 12.7. The summed E-state index contributed by atoms with van der Waals surface area (Å²) in [6.45, 7) is 4.10. The van der Waals surface area contributed by atoms with E-state index in [2.05, 4.69) is 32.0 Å². The molecule has 0 radical (unpaired) electrons. The Morgan fingerprint density at radius 3 is 2.60 bits per heavy atom. The van der Waals surface area contributed by atoms with Gasteiger partial charge in [0.2, 0.25) is 5.28 Å². The lowest BCUT2D eigenvalue weighted by Gasteiger charge is -2.06. The van der Waals surface area contributed by atoms with Crippen molar-refractivity contribution in [2.75, 3.05) is 0 Å². The quantitative estimate of drug-likeness (QED) is 0.723. The number of aromatic nitrogens is 6. The molecule has 0 aliphatic carbocycles. The molecule has 0 unspecified atom stereocenters. The number of aryl methyl sites for hydroxylation is 2. The van der Waals surface area contributed by atoms with Crippen LogP contribution in [0.3, 0.4) is 0 Å². The molecular formula is C13H11ClN6. The second-order valence-electron chi connectivity index (χ2n) is 4.37. The summed E-state index contributed by atoms with van der Waals surface area (Å²) in [5.74, 6) is 0.856. The first-order valence-corrected chi connectivity index (χ1v) is 6.35. The highest BCUT2D eigenvalue weighted by molar-refractivity contribution is 6.28. The second kappa shape index (κ2) is 4.97. The largest absolute Gasteiger partial charge is 0.256 e. The maximum absolute atomic E-state index is 5.96. The highest BCUT2D eigenvalue weighted by Crippen LogP contribution is 2.20. The van der Waals surface area contributed by atoms with Crippen molar-refractivity contribution in [1.82, 2.24) is 29.7 Å². The van der Waals surface area contributed by atoms with Crippen LogP contribution >= 0.6 is 11.6 Å². The zero-order valence-corrected chi connectivity index (χ0v) is 11.7. The van der Waals surface area contributed by atoms with Gasteiger partial charge < -0.3 is 0 Å². The van der Waals surface area contributed by atoms with Crippen LogP contribution in [0, 0.1) is 13.8 Å². The SMILES string of the molecule is Cc1ccc(-c2nc(Cl)nc(-n3cncn3)n2)cc1C. The predicted molar refractivity (Wildman–Crippen MR) is 74.7 cm³/mol. The van der Waals surface area contributed by atoms with Gasteiger partial charge in [-0.05, 0) is 42.6 Å². The molecule has 3 rings (SSSR count). The van der Waals surface area contributed by atoms with Gasteiger partial charge in [-0.3, -0.25) is 0 Å². The van der Waals surface area contributed by atoms with E-state index in [1.54, 1.807) is 0 Å². The van der Waals surface area contributed by atoms with E-state index in [0.29, 0.717) is 11.8 Å². The van der Waals surface area contributed by atoms with Gasteiger partial charge in [-0.15, -0.1) is 0 Å². The highest BCUT2D eigenvalue weighted by Gasteiger charge is 2.10. The van der Waals surface area contributed by atoms with Gasteiger partial charge in [0.1, 0.15) is 12.7 Å². The van der Waals surface area contributed by atoms with Crippen LogP contribution in [0.15, 0.2) is 30.9 Å². The Kier molecular flexibility index (Phi) is 3.15. The Hall–Kier alpha value is -2.34. The molecule has 3 aromatic rings. The van der Waals surface area contributed by atoms with E-state index in [1.165, 1.54) is 28.5 Å². The second-order valence-corrected chi connectivity index (χ2v) is 4.71. The average molecular weight is 287 g/mol. The van der Waals surface area contributed by atoms with Gasteiger partial charge in [-0.2, -0.15) is 24.7 Å². The van der Waals surface area contributed by atoms with Crippen molar-refractivity contribution < 1.29 is 0 Å². The van der Waals surface area contributed by atoms with Gasteiger partial charge in [0.25, 0.3) is 5.95 Å². The van der Waals surface area contributed by atoms with Crippen molar-refractivity contribution in [2.24, 2.45) is 0 Å². The van der Waals surface area contributed by atoms with E-state index in [4.69, 9.17) is 11.6 Å². The molecule has 7 heteroatoms. The summed E-state index contributed by atoms with van der Waals surface area (Å²) in [4.78, 5) is 16.4. The Bertz CT molecular complexity index is 754.